The zero-order valence-corrected chi connectivity index (χ0v) is 15.3. The van der Waals surface area contributed by atoms with Crippen LogP contribution in [0.2, 0.25) is 0 Å². The zero-order chi connectivity index (χ0) is 19.0. The van der Waals surface area contributed by atoms with Gasteiger partial charge in [0.25, 0.3) is 0 Å². The van der Waals surface area contributed by atoms with E-state index >= 15 is 0 Å². The number of benzene rings is 2. The van der Waals surface area contributed by atoms with E-state index in [1.807, 2.05) is 30.3 Å². The largest absolute Gasteiger partial charge is 0.855 e. The van der Waals surface area contributed by atoms with Gasteiger partial charge in [0.1, 0.15) is 12.6 Å². The summed E-state index contributed by atoms with van der Waals surface area (Å²) in [6, 6.07) is 16.8. The van der Waals surface area contributed by atoms with Gasteiger partial charge in [-0.1, -0.05) is 72.4 Å². The molecular weight excluding hydrogens is 328 g/mol. The van der Waals surface area contributed by atoms with E-state index in [1.54, 1.807) is 44.4 Å². The maximum atomic E-state index is 12.2. The molecule has 2 aromatic rings. The van der Waals surface area contributed by atoms with Crippen LogP contribution in [0.1, 0.15) is 16.7 Å². The molecule has 0 saturated carbocycles. The van der Waals surface area contributed by atoms with Crippen LogP contribution in [0.15, 0.2) is 66.3 Å². The fraction of sp³-hybridized carbons (Fsp3) is 0.286. The molecule has 0 aliphatic heterocycles. The minimum atomic E-state index is -0.718. The number of hydrogen-bond acceptors (Lipinski definition) is 4. The Morgan fingerprint density at radius 3 is 2.46 bits per heavy atom. The van der Waals surface area contributed by atoms with Gasteiger partial charge in [-0.15, -0.1) is 0 Å². The molecule has 138 valence electrons. The fourth-order valence-electron chi connectivity index (χ4n) is 2.56. The van der Waals surface area contributed by atoms with Gasteiger partial charge >= 0.3 is 0 Å². The molecule has 0 aliphatic rings. The van der Waals surface area contributed by atoms with Crippen molar-refractivity contribution in [1.82, 2.24) is 0 Å². The molecule has 0 saturated heterocycles. The maximum absolute atomic E-state index is 12.2. The standard InChI is InChI=1S/C21H26N2O3/c1-4-17-10-12-18(13-11-17)15-26-16-20(24)14-23(2,3)22-21(25)19-8-6-5-7-9-19/h4-13,20,24H,1,14-16H2,2-3H3. The zero-order valence-electron chi connectivity index (χ0n) is 15.3. The summed E-state index contributed by atoms with van der Waals surface area (Å²) in [4.78, 5) is 0. The Morgan fingerprint density at radius 1 is 1.19 bits per heavy atom. The predicted molar refractivity (Wildman–Crippen MR) is 102 cm³/mol. The van der Waals surface area contributed by atoms with E-state index in [0.29, 0.717) is 12.2 Å². The first-order valence-electron chi connectivity index (χ1n) is 8.52. The Balaban J connectivity index is 1.83. The summed E-state index contributed by atoms with van der Waals surface area (Å²) in [5.41, 5.74) is 2.62. The minimum absolute atomic E-state index is 0.0340. The van der Waals surface area contributed by atoms with E-state index in [0.717, 1.165) is 11.1 Å². The van der Waals surface area contributed by atoms with Crippen molar-refractivity contribution >= 4 is 12.0 Å². The molecule has 2 rings (SSSR count). The maximum Gasteiger partial charge on any atom is 0.131 e. The van der Waals surface area contributed by atoms with Gasteiger partial charge in [-0.25, -0.2) is 4.59 Å². The number of nitrogens with zero attached hydrogens (tertiary/aromatic N) is 2. The number of likely N-dealkylation sites (N-methyl/N-ethyl adjacent to an activating group) is 1. The average Bonchev–Trinajstić information content (AvgIpc) is 2.62. The van der Waals surface area contributed by atoms with Crippen molar-refractivity contribution in [2.45, 2.75) is 12.7 Å². The third-order valence-electron chi connectivity index (χ3n) is 3.83. The molecule has 0 spiro atoms. The molecule has 0 radical (unpaired) electrons. The Kier molecular flexibility index (Phi) is 7.09. The highest BCUT2D eigenvalue weighted by atomic mass is 16.5. The molecule has 1 atom stereocenters. The number of quaternary nitrogens is 1. The molecule has 0 fully saturated rings. The van der Waals surface area contributed by atoms with Gasteiger partial charge in [0.05, 0.1) is 33.2 Å². The molecule has 5 heteroatoms. The molecule has 1 N–H and O–H groups in total. The Bertz CT molecular complexity index is 725. The molecule has 2 aromatic carbocycles. The van der Waals surface area contributed by atoms with Crippen LogP contribution in [-0.2, 0) is 11.3 Å². The summed E-state index contributed by atoms with van der Waals surface area (Å²) in [5.74, 6) is -0.300. The lowest BCUT2D eigenvalue weighted by Gasteiger charge is -2.27. The summed E-state index contributed by atoms with van der Waals surface area (Å²) in [6.45, 7) is 4.61. The summed E-state index contributed by atoms with van der Waals surface area (Å²) in [7, 11) is 3.55. The topological polar surface area (TPSA) is 64.9 Å². The third kappa shape index (κ3) is 6.44. The molecule has 0 bridgehead atoms. The second-order valence-corrected chi connectivity index (χ2v) is 6.69. The molecule has 1 unspecified atom stereocenters. The SMILES string of the molecule is C=Cc1ccc(COCC(O)C[N+](C)(C)/N=C(\[O-])c2ccccc2)cc1. The van der Waals surface area contributed by atoms with Crippen LogP contribution in [0.5, 0.6) is 0 Å². The van der Waals surface area contributed by atoms with Crippen molar-refractivity contribution in [3.05, 3.63) is 77.9 Å². The Hall–Kier alpha value is -2.47. The van der Waals surface area contributed by atoms with E-state index in [2.05, 4.69) is 11.7 Å². The van der Waals surface area contributed by atoms with Gasteiger partial charge in [-0.2, -0.15) is 0 Å². The minimum Gasteiger partial charge on any atom is -0.855 e. The first kappa shape index (κ1) is 19.8. The van der Waals surface area contributed by atoms with Crippen molar-refractivity contribution in [2.75, 3.05) is 27.2 Å². The lowest BCUT2D eigenvalue weighted by Crippen LogP contribution is -2.44. The molecule has 26 heavy (non-hydrogen) atoms. The van der Waals surface area contributed by atoms with Crippen LogP contribution >= 0.6 is 0 Å². The number of hydrogen-bond donors (Lipinski definition) is 1. The average molecular weight is 354 g/mol. The van der Waals surface area contributed by atoms with Gasteiger partial charge in [-0.3, -0.25) is 0 Å². The lowest BCUT2D eigenvalue weighted by atomic mass is 10.1. The number of aliphatic hydroxyl groups excluding tert-OH is 1. The molecule has 0 aliphatic carbocycles. The Morgan fingerprint density at radius 2 is 1.85 bits per heavy atom. The molecule has 0 heterocycles. The first-order valence-corrected chi connectivity index (χ1v) is 8.52. The summed E-state index contributed by atoms with van der Waals surface area (Å²) in [6.07, 6.45) is 1.07. The van der Waals surface area contributed by atoms with E-state index in [-0.39, 0.29) is 23.6 Å². The van der Waals surface area contributed by atoms with Crippen LogP contribution in [0, 0.1) is 0 Å². The smallest absolute Gasteiger partial charge is 0.131 e. The van der Waals surface area contributed by atoms with Crippen LogP contribution < -0.4 is 5.11 Å². The normalized spacial score (nSPS) is 13.4. The summed E-state index contributed by atoms with van der Waals surface area (Å²) >= 11 is 0. The first-order chi connectivity index (χ1) is 12.4. The van der Waals surface area contributed by atoms with Gasteiger partial charge in [0, 0.05) is 0 Å². The molecule has 0 aromatic heterocycles. The second kappa shape index (κ2) is 9.29. The van der Waals surface area contributed by atoms with Crippen LogP contribution in [0.4, 0.5) is 0 Å². The van der Waals surface area contributed by atoms with Crippen LogP contribution in [0.25, 0.3) is 6.08 Å². The van der Waals surface area contributed by atoms with E-state index in [4.69, 9.17) is 4.74 Å². The molecular formula is C21H26N2O3. The molecule has 5 nitrogen and oxygen atoms in total. The second-order valence-electron chi connectivity index (χ2n) is 6.69. The quantitative estimate of drug-likeness (QED) is 0.324. The number of aliphatic hydroxyl groups is 1. The third-order valence-corrected chi connectivity index (χ3v) is 3.83. The van der Waals surface area contributed by atoms with Crippen molar-refractivity contribution < 1.29 is 19.5 Å². The van der Waals surface area contributed by atoms with Gasteiger partial charge in [0.15, 0.2) is 0 Å². The van der Waals surface area contributed by atoms with Crippen molar-refractivity contribution in [3.8, 4) is 0 Å². The van der Waals surface area contributed by atoms with E-state index < -0.39 is 6.10 Å². The van der Waals surface area contributed by atoms with Gasteiger partial charge in [0.2, 0.25) is 0 Å². The highest BCUT2D eigenvalue weighted by molar-refractivity contribution is 5.89. The van der Waals surface area contributed by atoms with E-state index in [9.17, 15) is 10.2 Å². The lowest BCUT2D eigenvalue weighted by molar-refractivity contribution is -0.901. The van der Waals surface area contributed by atoms with E-state index in [1.165, 1.54) is 0 Å². The summed E-state index contributed by atoms with van der Waals surface area (Å²) < 4.78 is 5.61. The highest BCUT2D eigenvalue weighted by Crippen LogP contribution is 2.09. The van der Waals surface area contributed by atoms with Crippen molar-refractivity contribution in [1.29, 1.82) is 0 Å². The Labute approximate surface area is 155 Å². The monoisotopic (exact) mass is 354 g/mol. The highest BCUT2D eigenvalue weighted by Gasteiger charge is 2.20. The number of rotatable bonds is 9. The van der Waals surface area contributed by atoms with Crippen LogP contribution in [-0.4, -0.2) is 48.9 Å². The van der Waals surface area contributed by atoms with Crippen molar-refractivity contribution in [2.24, 2.45) is 5.10 Å². The van der Waals surface area contributed by atoms with Crippen LogP contribution in [0.3, 0.4) is 0 Å². The van der Waals surface area contributed by atoms with Gasteiger partial charge < -0.3 is 14.9 Å². The predicted octanol–water partition coefficient (Wildman–Crippen LogP) is 2.01. The summed E-state index contributed by atoms with van der Waals surface area (Å²) in [5, 5.41) is 26.6. The molecule has 0 amide bonds. The van der Waals surface area contributed by atoms with Crippen molar-refractivity contribution in [3.63, 3.8) is 0 Å². The van der Waals surface area contributed by atoms with Gasteiger partial charge in [-0.05, 0) is 16.7 Å². The fourth-order valence-corrected chi connectivity index (χ4v) is 2.56. The number of ether oxygens (including phenoxy) is 1.